The van der Waals surface area contributed by atoms with Gasteiger partial charge in [0.1, 0.15) is 5.78 Å². The van der Waals surface area contributed by atoms with Crippen LogP contribution in [0, 0.1) is 0 Å². The van der Waals surface area contributed by atoms with E-state index in [9.17, 15) is 4.79 Å². The average Bonchev–Trinajstić information content (AvgIpc) is 1.85. The summed E-state index contributed by atoms with van der Waals surface area (Å²) in [5, 5.41) is 0. The molecule has 0 spiro atoms. The van der Waals surface area contributed by atoms with Crippen molar-refractivity contribution in [3.8, 4) is 0 Å². The van der Waals surface area contributed by atoms with E-state index < -0.39 is 0 Å². The number of aliphatic imine (C=N–C) groups is 1. The second-order valence-electron chi connectivity index (χ2n) is 3.32. The quantitative estimate of drug-likeness (QED) is 0.596. The van der Waals surface area contributed by atoms with Gasteiger partial charge in [0.25, 0.3) is 0 Å². The van der Waals surface area contributed by atoms with Crippen LogP contribution in [0.2, 0.25) is 0 Å². The summed E-state index contributed by atoms with van der Waals surface area (Å²) in [4.78, 5) is 15.2. The van der Waals surface area contributed by atoms with Gasteiger partial charge in [0.2, 0.25) is 0 Å². The molecule has 0 aromatic carbocycles. The van der Waals surface area contributed by atoms with E-state index in [1.165, 1.54) is 12.1 Å². The third-order valence-electron chi connectivity index (χ3n) is 2.00. The first-order valence-electron chi connectivity index (χ1n) is 4.21. The van der Waals surface area contributed by atoms with Gasteiger partial charge in [0.15, 0.2) is 0 Å². The first-order chi connectivity index (χ1) is 5.18. The van der Waals surface area contributed by atoms with Crippen molar-refractivity contribution in [2.45, 2.75) is 45.6 Å². The van der Waals surface area contributed by atoms with Gasteiger partial charge in [-0.3, -0.25) is 9.79 Å². The first kappa shape index (κ1) is 8.44. The summed E-state index contributed by atoms with van der Waals surface area (Å²) in [6.45, 7) is 3.69. The van der Waals surface area contributed by atoms with Gasteiger partial charge < -0.3 is 0 Å². The Bertz CT molecular complexity index is 184. The summed E-state index contributed by atoms with van der Waals surface area (Å²) >= 11 is 0. The Hall–Kier alpha value is -0.660. The Morgan fingerprint density at radius 3 is 3.00 bits per heavy atom. The van der Waals surface area contributed by atoms with Gasteiger partial charge in [-0.15, -0.1) is 0 Å². The van der Waals surface area contributed by atoms with E-state index in [-0.39, 0.29) is 5.78 Å². The van der Waals surface area contributed by atoms with Crippen LogP contribution in [0.3, 0.4) is 0 Å². The lowest BCUT2D eigenvalue weighted by atomic mass is 10.00. The molecular formula is C9H15NO. The van der Waals surface area contributed by atoms with Crippen LogP contribution in [0.25, 0.3) is 0 Å². The molecule has 1 aliphatic heterocycles. The van der Waals surface area contributed by atoms with Gasteiger partial charge in [-0.25, -0.2) is 0 Å². The summed E-state index contributed by atoms with van der Waals surface area (Å²) in [5.74, 6) is 0.258. The molecule has 0 amide bonds. The highest BCUT2D eigenvalue weighted by molar-refractivity contribution is 5.83. The molecule has 0 bridgehead atoms. The molecule has 0 N–H and O–H groups in total. The van der Waals surface area contributed by atoms with Gasteiger partial charge in [-0.05, 0) is 33.1 Å². The van der Waals surface area contributed by atoms with Crippen LogP contribution >= 0.6 is 0 Å². The number of hydrogen-bond donors (Lipinski definition) is 0. The van der Waals surface area contributed by atoms with E-state index in [1.54, 1.807) is 6.92 Å². The predicted molar refractivity (Wildman–Crippen MR) is 46.0 cm³/mol. The average molecular weight is 153 g/mol. The lowest BCUT2D eigenvalue weighted by molar-refractivity contribution is -0.117. The molecule has 1 atom stereocenters. The van der Waals surface area contributed by atoms with Crippen LogP contribution in [-0.4, -0.2) is 17.5 Å². The molecule has 62 valence electrons. The minimum absolute atomic E-state index is 0.258. The molecule has 11 heavy (non-hydrogen) atoms. The van der Waals surface area contributed by atoms with Crippen molar-refractivity contribution in [1.29, 1.82) is 0 Å². The Balaban J connectivity index is 2.46. The van der Waals surface area contributed by atoms with E-state index in [0.29, 0.717) is 12.5 Å². The monoisotopic (exact) mass is 153 g/mol. The SMILES string of the molecule is CC(=O)CC1CCCC(C)=N1. The summed E-state index contributed by atoms with van der Waals surface area (Å²) < 4.78 is 0. The van der Waals surface area contributed by atoms with Gasteiger partial charge in [-0.1, -0.05) is 0 Å². The number of rotatable bonds is 2. The predicted octanol–water partition coefficient (Wildman–Crippen LogP) is 1.98. The van der Waals surface area contributed by atoms with E-state index in [0.717, 1.165) is 12.8 Å². The summed E-state index contributed by atoms with van der Waals surface area (Å²) in [7, 11) is 0. The fourth-order valence-corrected chi connectivity index (χ4v) is 1.51. The maximum Gasteiger partial charge on any atom is 0.131 e. The number of carbonyl (C=O) groups excluding carboxylic acids is 1. The van der Waals surface area contributed by atoms with Gasteiger partial charge >= 0.3 is 0 Å². The van der Waals surface area contributed by atoms with Crippen molar-refractivity contribution in [1.82, 2.24) is 0 Å². The van der Waals surface area contributed by atoms with Gasteiger partial charge in [0, 0.05) is 12.1 Å². The summed E-state index contributed by atoms with van der Waals surface area (Å²) in [6.07, 6.45) is 4.05. The van der Waals surface area contributed by atoms with Crippen molar-refractivity contribution < 1.29 is 4.79 Å². The molecule has 0 saturated carbocycles. The second-order valence-corrected chi connectivity index (χ2v) is 3.32. The molecular weight excluding hydrogens is 138 g/mol. The number of carbonyl (C=O) groups is 1. The van der Waals surface area contributed by atoms with Crippen LogP contribution in [0.1, 0.15) is 39.5 Å². The molecule has 1 aliphatic rings. The van der Waals surface area contributed by atoms with Crippen LogP contribution in [0.15, 0.2) is 4.99 Å². The van der Waals surface area contributed by atoms with Crippen molar-refractivity contribution in [3.63, 3.8) is 0 Å². The van der Waals surface area contributed by atoms with Crippen molar-refractivity contribution in [2.75, 3.05) is 0 Å². The number of nitrogens with zero attached hydrogens (tertiary/aromatic N) is 1. The molecule has 2 nitrogen and oxygen atoms in total. The first-order valence-corrected chi connectivity index (χ1v) is 4.21. The van der Waals surface area contributed by atoms with Crippen molar-refractivity contribution in [2.24, 2.45) is 4.99 Å². The van der Waals surface area contributed by atoms with Crippen molar-refractivity contribution >= 4 is 11.5 Å². The fraction of sp³-hybridized carbons (Fsp3) is 0.778. The third-order valence-corrected chi connectivity index (χ3v) is 2.00. The zero-order chi connectivity index (χ0) is 8.27. The molecule has 0 aromatic rings. The minimum atomic E-state index is 0.258. The molecule has 0 fully saturated rings. The zero-order valence-electron chi connectivity index (χ0n) is 7.26. The zero-order valence-corrected chi connectivity index (χ0v) is 7.26. The maximum atomic E-state index is 10.7. The van der Waals surface area contributed by atoms with Crippen molar-refractivity contribution in [3.05, 3.63) is 0 Å². The van der Waals surface area contributed by atoms with E-state index >= 15 is 0 Å². The number of hydrogen-bond acceptors (Lipinski definition) is 2. The van der Waals surface area contributed by atoms with E-state index in [2.05, 4.69) is 4.99 Å². The summed E-state index contributed by atoms with van der Waals surface area (Å²) in [5.41, 5.74) is 1.21. The molecule has 1 rings (SSSR count). The topological polar surface area (TPSA) is 29.4 Å². The summed E-state index contributed by atoms with van der Waals surface area (Å²) in [6, 6.07) is 0.293. The second kappa shape index (κ2) is 3.65. The van der Waals surface area contributed by atoms with Gasteiger partial charge in [-0.2, -0.15) is 0 Å². The molecule has 1 heterocycles. The smallest absolute Gasteiger partial charge is 0.131 e. The minimum Gasteiger partial charge on any atom is -0.300 e. The Kier molecular flexibility index (Phi) is 2.80. The number of ketones is 1. The van der Waals surface area contributed by atoms with Crippen LogP contribution in [0.4, 0.5) is 0 Å². The lowest BCUT2D eigenvalue weighted by Crippen LogP contribution is -2.16. The van der Waals surface area contributed by atoms with Crippen LogP contribution in [0.5, 0.6) is 0 Å². The molecule has 1 unspecified atom stereocenters. The van der Waals surface area contributed by atoms with Crippen LogP contribution in [-0.2, 0) is 4.79 Å². The highest BCUT2D eigenvalue weighted by Crippen LogP contribution is 2.16. The van der Waals surface area contributed by atoms with Crippen LogP contribution < -0.4 is 0 Å². The largest absolute Gasteiger partial charge is 0.300 e. The normalized spacial score (nSPS) is 24.5. The third kappa shape index (κ3) is 2.83. The molecule has 0 saturated heterocycles. The fourth-order valence-electron chi connectivity index (χ4n) is 1.51. The van der Waals surface area contributed by atoms with Gasteiger partial charge in [0.05, 0.1) is 6.04 Å². The standard InChI is InChI=1S/C9H15NO/c1-7-4-3-5-9(10-7)6-8(2)11/h9H,3-6H2,1-2H3. The highest BCUT2D eigenvalue weighted by atomic mass is 16.1. The van der Waals surface area contributed by atoms with E-state index in [4.69, 9.17) is 0 Å². The molecule has 0 aromatic heterocycles. The molecule has 0 aliphatic carbocycles. The molecule has 2 heteroatoms. The molecule has 0 radical (unpaired) electrons. The lowest BCUT2D eigenvalue weighted by Gasteiger charge is -2.16. The number of Topliss-reactive ketones (excluding diaryl/α,β-unsaturated/α-hetero) is 1. The Morgan fingerprint density at radius 1 is 1.73 bits per heavy atom. The Morgan fingerprint density at radius 2 is 2.45 bits per heavy atom. The Labute approximate surface area is 67.7 Å². The highest BCUT2D eigenvalue weighted by Gasteiger charge is 2.13. The maximum absolute atomic E-state index is 10.7. The van der Waals surface area contributed by atoms with E-state index in [1.807, 2.05) is 6.92 Å².